The van der Waals surface area contributed by atoms with Crippen molar-refractivity contribution in [2.24, 2.45) is 0 Å². The molecule has 0 atom stereocenters. The van der Waals surface area contributed by atoms with E-state index in [9.17, 15) is 4.39 Å². The highest BCUT2D eigenvalue weighted by Crippen LogP contribution is 2.31. The molecule has 0 amide bonds. The van der Waals surface area contributed by atoms with Crippen molar-refractivity contribution < 1.29 is 4.39 Å². The molecule has 19 heavy (non-hydrogen) atoms. The lowest BCUT2D eigenvalue weighted by Gasteiger charge is -2.09. The molecule has 0 unspecified atom stereocenters. The molecule has 0 nitrogen and oxygen atoms in total. The van der Waals surface area contributed by atoms with Crippen molar-refractivity contribution in [3.8, 4) is 22.3 Å². The zero-order valence-electron chi connectivity index (χ0n) is 10.3. The lowest BCUT2D eigenvalue weighted by Crippen LogP contribution is -1.85. The van der Waals surface area contributed by atoms with Crippen LogP contribution in [0.1, 0.15) is 0 Å². The zero-order valence-corrected chi connectivity index (χ0v) is 10.3. The van der Waals surface area contributed by atoms with Gasteiger partial charge in [0.05, 0.1) is 0 Å². The SMILES string of the molecule is Fc1ccc(-c2ccc[c]c2-c2ccccc2)cc1. The summed E-state index contributed by atoms with van der Waals surface area (Å²) in [6.07, 6.45) is 0. The van der Waals surface area contributed by atoms with Crippen LogP contribution in [0.3, 0.4) is 0 Å². The van der Waals surface area contributed by atoms with E-state index in [0.717, 1.165) is 22.3 Å². The summed E-state index contributed by atoms with van der Waals surface area (Å²) in [5.74, 6) is -0.218. The molecule has 1 radical (unpaired) electrons. The Bertz CT molecular complexity index is 670. The van der Waals surface area contributed by atoms with E-state index in [4.69, 9.17) is 0 Å². The summed E-state index contributed by atoms with van der Waals surface area (Å²) in [6, 6.07) is 25.8. The van der Waals surface area contributed by atoms with Crippen LogP contribution in [0.15, 0.2) is 72.8 Å². The minimum atomic E-state index is -0.218. The van der Waals surface area contributed by atoms with Crippen LogP contribution in [-0.2, 0) is 0 Å². The molecule has 0 aliphatic carbocycles. The minimum absolute atomic E-state index is 0.218. The molecule has 0 bridgehead atoms. The van der Waals surface area contributed by atoms with Crippen molar-refractivity contribution in [1.82, 2.24) is 0 Å². The normalized spacial score (nSPS) is 10.4. The third-order valence-corrected chi connectivity index (χ3v) is 3.07. The Morgan fingerprint density at radius 3 is 2.16 bits per heavy atom. The largest absolute Gasteiger partial charge is 0.207 e. The third-order valence-electron chi connectivity index (χ3n) is 3.07. The Morgan fingerprint density at radius 1 is 0.684 bits per heavy atom. The molecule has 0 saturated carbocycles. The van der Waals surface area contributed by atoms with Gasteiger partial charge in [-0.15, -0.1) is 0 Å². The first-order valence-electron chi connectivity index (χ1n) is 6.17. The van der Waals surface area contributed by atoms with Gasteiger partial charge in [0.2, 0.25) is 0 Å². The van der Waals surface area contributed by atoms with E-state index in [1.165, 1.54) is 12.1 Å². The maximum atomic E-state index is 13.0. The molecule has 0 heterocycles. The molecule has 3 aromatic carbocycles. The molecule has 0 aromatic heterocycles. The highest BCUT2D eigenvalue weighted by Gasteiger charge is 2.06. The van der Waals surface area contributed by atoms with Gasteiger partial charge in [0.1, 0.15) is 5.82 Å². The summed E-state index contributed by atoms with van der Waals surface area (Å²) in [5, 5.41) is 0. The van der Waals surface area contributed by atoms with Crippen molar-refractivity contribution >= 4 is 0 Å². The molecule has 0 fully saturated rings. The highest BCUT2D eigenvalue weighted by molar-refractivity contribution is 5.82. The van der Waals surface area contributed by atoms with Gasteiger partial charge in [0, 0.05) is 0 Å². The topological polar surface area (TPSA) is 0 Å². The number of hydrogen-bond acceptors (Lipinski definition) is 0. The Kier molecular flexibility index (Phi) is 3.11. The minimum Gasteiger partial charge on any atom is -0.207 e. The molecule has 3 aromatic rings. The van der Waals surface area contributed by atoms with Gasteiger partial charge in [-0.25, -0.2) is 4.39 Å². The predicted octanol–water partition coefficient (Wildman–Crippen LogP) is 4.96. The Labute approximate surface area is 112 Å². The number of rotatable bonds is 2. The van der Waals surface area contributed by atoms with Crippen LogP contribution in [0.2, 0.25) is 0 Å². The van der Waals surface area contributed by atoms with Gasteiger partial charge in [0.25, 0.3) is 0 Å². The van der Waals surface area contributed by atoms with Gasteiger partial charge >= 0.3 is 0 Å². The first kappa shape index (κ1) is 11.7. The molecular weight excluding hydrogens is 235 g/mol. The van der Waals surface area contributed by atoms with Crippen molar-refractivity contribution in [2.45, 2.75) is 0 Å². The van der Waals surface area contributed by atoms with Crippen LogP contribution < -0.4 is 0 Å². The number of halogens is 1. The van der Waals surface area contributed by atoms with E-state index in [2.05, 4.69) is 18.2 Å². The monoisotopic (exact) mass is 247 g/mol. The second-order valence-corrected chi connectivity index (χ2v) is 4.33. The summed E-state index contributed by atoms with van der Waals surface area (Å²) >= 11 is 0. The fraction of sp³-hybridized carbons (Fsp3) is 0. The van der Waals surface area contributed by atoms with Gasteiger partial charge in [-0.3, -0.25) is 0 Å². The van der Waals surface area contributed by atoms with Crippen LogP contribution in [0, 0.1) is 11.9 Å². The van der Waals surface area contributed by atoms with Gasteiger partial charge < -0.3 is 0 Å². The lowest BCUT2D eigenvalue weighted by atomic mass is 9.95. The standard InChI is InChI=1S/C18H12F/c19-16-12-10-15(11-13-16)18-9-5-4-8-17(18)14-6-2-1-3-7-14/h1-7,9-13H. The first-order chi connectivity index (χ1) is 9.34. The average Bonchev–Trinajstić information content (AvgIpc) is 2.49. The van der Waals surface area contributed by atoms with Crippen molar-refractivity contribution in [1.29, 1.82) is 0 Å². The third kappa shape index (κ3) is 2.41. The van der Waals surface area contributed by atoms with Crippen molar-refractivity contribution in [2.75, 3.05) is 0 Å². The van der Waals surface area contributed by atoms with Gasteiger partial charge in [-0.05, 0) is 40.5 Å². The summed E-state index contributed by atoms with van der Waals surface area (Å²) < 4.78 is 13.0. The van der Waals surface area contributed by atoms with E-state index >= 15 is 0 Å². The van der Waals surface area contributed by atoms with Gasteiger partial charge in [-0.2, -0.15) is 0 Å². The molecule has 0 aliphatic heterocycles. The fourth-order valence-corrected chi connectivity index (χ4v) is 2.15. The average molecular weight is 247 g/mol. The number of benzene rings is 3. The Hall–Kier alpha value is -2.41. The molecule has 3 rings (SSSR count). The maximum Gasteiger partial charge on any atom is 0.123 e. The summed E-state index contributed by atoms with van der Waals surface area (Å²) in [6.45, 7) is 0. The summed E-state index contributed by atoms with van der Waals surface area (Å²) in [5.41, 5.74) is 4.21. The van der Waals surface area contributed by atoms with E-state index in [1.807, 2.05) is 36.4 Å². The maximum absolute atomic E-state index is 13.0. The predicted molar refractivity (Wildman–Crippen MR) is 76.1 cm³/mol. The fourth-order valence-electron chi connectivity index (χ4n) is 2.15. The molecule has 0 N–H and O–H groups in total. The molecule has 0 aliphatic rings. The quantitative estimate of drug-likeness (QED) is 0.600. The summed E-state index contributed by atoms with van der Waals surface area (Å²) in [4.78, 5) is 0. The zero-order chi connectivity index (χ0) is 13.1. The van der Waals surface area contributed by atoms with Crippen molar-refractivity contribution in [3.63, 3.8) is 0 Å². The van der Waals surface area contributed by atoms with E-state index in [1.54, 1.807) is 12.1 Å². The van der Waals surface area contributed by atoms with Crippen LogP contribution in [0.5, 0.6) is 0 Å². The second-order valence-electron chi connectivity index (χ2n) is 4.33. The smallest absolute Gasteiger partial charge is 0.123 e. The molecule has 0 saturated heterocycles. The Balaban J connectivity index is 2.15. The first-order valence-corrected chi connectivity index (χ1v) is 6.17. The molecule has 1 heteroatoms. The van der Waals surface area contributed by atoms with Crippen LogP contribution in [-0.4, -0.2) is 0 Å². The Morgan fingerprint density at radius 2 is 1.42 bits per heavy atom. The van der Waals surface area contributed by atoms with Gasteiger partial charge in [0.15, 0.2) is 0 Å². The number of hydrogen-bond donors (Lipinski definition) is 0. The van der Waals surface area contributed by atoms with E-state index in [-0.39, 0.29) is 5.82 Å². The summed E-state index contributed by atoms with van der Waals surface area (Å²) in [7, 11) is 0. The lowest BCUT2D eigenvalue weighted by molar-refractivity contribution is 0.628. The highest BCUT2D eigenvalue weighted by atomic mass is 19.1. The second kappa shape index (κ2) is 5.07. The van der Waals surface area contributed by atoms with E-state index in [0.29, 0.717) is 0 Å². The molecule has 0 spiro atoms. The van der Waals surface area contributed by atoms with Crippen molar-refractivity contribution in [3.05, 3.63) is 84.7 Å². The van der Waals surface area contributed by atoms with Gasteiger partial charge in [-0.1, -0.05) is 60.7 Å². The van der Waals surface area contributed by atoms with E-state index < -0.39 is 0 Å². The van der Waals surface area contributed by atoms with Crippen LogP contribution >= 0.6 is 0 Å². The van der Waals surface area contributed by atoms with Crippen LogP contribution in [0.4, 0.5) is 4.39 Å². The molecule has 91 valence electrons. The van der Waals surface area contributed by atoms with Crippen LogP contribution in [0.25, 0.3) is 22.3 Å². The molecular formula is C18H12F.